The summed E-state index contributed by atoms with van der Waals surface area (Å²) < 4.78 is 2.18. The van der Waals surface area contributed by atoms with Crippen molar-refractivity contribution in [3.05, 3.63) is 35.3 Å². The van der Waals surface area contributed by atoms with Crippen molar-refractivity contribution in [3.8, 4) is 0 Å². The molecule has 1 aliphatic carbocycles. The van der Waals surface area contributed by atoms with Crippen molar-refractivity contribution in [2.24, 2.45) is 0 Å². The number of rotatable bonds is 4. The number of nitrogens with zero attached hydrogens (tertiary/aromatic N) is 4. The average Bonchev–Trinajstić information content (AvgIpc) is 3.10. The Morgan fingerprint density at radius 2 is 2.05 bits per heavy atom. The first-order chi connectivity index (χ1) is 10.6. The zero-order chi connectivity index (χ0) is 15.3. The lowest BCUT2D eigenvalue weighted by Gasteiger charge is -2.12. The Morgan fingerprint density at radius 3 is 2.77 bits per heavy atom. The smallest absolute Gasteiger partial charge is 0.162 e. The quantitative estimate of drug-likeness (QED) is 0.731. The molecule has 1 aliphatic rings. The van der Waals surface area contributed by atoms with Crippen LogP contribution < -0.4 is 0 Å². The van der Waals surface area contributed by atoms with Gasteiger partial charge in [-0.25, -0.2) is 4.98 Å². The van der Waals surface area contributed by atoms with Crippen LogP contribution in [0, 0.1) is 6.92 Å². The van der Waals surface area contributed by atoms with Gasteiger partial charge < -0.3 is 0 Å². The number of pyridine rings is 2. The Morgan fingerprint density at radius 1 is 1.23 bits per heavy atom. The largest absolute Gasteiger partial charge is 0.262 e. The van der Waals surface area contributed by atoms with Crippen LogP contribution in [0.2, 0.25) is 0 Å². The van der Waals surface area contributed by atoms with E-state index >= 15 is 0 Å². The second-order valence-electron chi connectivity index (χ2n) is 6.93. The highest BCUT2D eigenvalue weighted by Crippen LogP contribution is 2.47. The van der Waals surface area contributed by atoms with Crippen molar-refractivity contribution in [2.75, 3.05) is 0 Å². The fourth-order valence-electron chi connectivity index (χ4n) is 3.18. The molecule has 0 atom stereocenters. The van der Waals surface area contributed by atoms with Gasteiger partial charge in [-0.3, -0.25) is 4.40 Å². The van der Waals surface area contributed by atoms with E-state index in [1.54, 1.807) is 0 Å². The lowest BCUT2D eigenvalue weighted by Crippen LogP contribution is -2.08. The molecule has 4 rings (SSSR count). The first kappa shape index (κ1) is 13.7. The van der Waals surface area contributed by atoms with Gasteiger partial charge in [-0.1, -0.05) is 20.3 Å². The van der Waals surface area contributed by atoms with Gasteiger partial charge in [0.05, 0.1) is 0 Å². The van der Waals surface area contributed by atoms with Crippen LogP contribution in [-0.4, -0.2) is 19.6 Å². The molecule has 0 N–H and O–H groups in total. The molecular weight excluding hydrogens is 272 g/mol. The third-order valence-corrected chi connectivity index (χ3v) is 4.89. The van der Waals surface area contributed by atoms with Crippen LogP contribution >= 0.6 is 0 Å². The Hall–Kier alpha value is -1.97. The van der Waals surface area contributed by atoms with Crippen molar-refractivity contribution in [1.82, 2.24) is 19.6 Å². The second-order valence-corrected chi connectivity index (χ2v) is 6.93. The standard InChI is InChI=1S/C18H22N4/c1-4-5-6-13-10-15-20-21-17(18(3)7-8-18)22(15)16-14(13)9-12(2)11-19-16/h9-11H,4-8H2,1-3H3. The minimum Gasteiger partial charge on any atom is -0.262 e. The van der Waals surface area contributed by atoms with Crippen molar-refractivity contribution in [3.63, 3.8) is 0 Å². The number of aryl methyl sites for hydroxylation is 2. The highest BCUT2D eigenvalue weighted by atomic mass is 15.3. The van der Waals surface area contributed by atoms with Crippen LogP contribution in [0.1, 0.15) is 56.5 Å². The van der Waals surface area contributed by atoms with E-state index in [1.165, 1.54) is 42.2 Å². The van der Waals surface area contributed by atoms with Crippen LogP contribution in [0.5, 0.6) is 0 Å². The van der Waals surface area contributed by atoms with Crippen LogP contribution in [0.25, 0.3) is 16.7 Å². The topological polar surface area (TPSA) is 43.1 Å². The van der Waals surface area contributed by atoms with Gasteiger partial charge in [0.25, 0.3) is 0 Å². The molecular formula is C18H22N4. The SMILES string of the molecule is CCCCc1cc2nnc(C3(C)CC3)n2c2ncc(C)cc12. The van der Waals surface area contributed by atoms with E-state index in [2.05, 4.69) is 47.5 Å². The number of hydrogen-bond acceptors (Lipinski definition) is 3. The summed E-state index contributed by atoms with van der Waals surface area (Å²) in [5.41, 5.74) is 4.70. The van der Waals surface area contributed by atoms with Gasteiger partial charge in [-0.15, -0.1) is 10.2 Å². The molecule has 0 aliphatic heterocycles. The number of hydrogen-bond donors (Lipinski definition) is 0. The van der Waals surface area contributed by atoms with Gasteiger partial charge in [0.15, 0.2) is 5.65 Å². The van der Waals surface area contributed by atoms with Crippen LogP contribution in [0.15, 0.2) is 18.3 Å². The molecule has 0 radical (unpaired) electrons. The fraction of sp³-hybridized carbons (Fsp3) is 0.500. The molecule has 0 aromatic carbocycles. The third kappa shape index (κ3) is 2.01. The van der Waals surface area contributed by atoms with E-state index < -0.39 is 0 Å². The van der Waals surface area contributed by atoms with Crippen LogP contribution in [-0.2, 0) is 11.8 Å². The van der Waals surface area contributed by atoms with E-state index in [-0.39, 0.29) is 5.41 Å². The summed E-state index contributed by atoms with van der Waals surface area (Å²) in [5.74, 6) is 1.07. The highest BCUT2D eigenvalue weighted by molar-refractivity contribution is 5.83. The second kappa shape index (κ2) is 4.77. The van der Waals surface area contributed by atoms with Gasteiger partial charge in [-0.2, -0.15) is 0 Å². The molecule has 3 heterocycles. The Bertz CT molecular complexity index is 858. The number of aromatic nitrogens is 4. The lowest BCUT2D eigenvalue weighted by molar-refractivity contribution is 0.700. The first-order valence-corrected chi connectivity index (χ1v) is 8.26. The van der Waals surface area contributed by atoms with E-state index in [1.807, 2.05) is 6.20 Å². The minimum absolute atomic E-state index is 0.184. The third-order valence-electron chi connectivity index (χ3n) is 4.89. The first-order valence-electron chi connectivity index (χ1n) is 8.26. The predicted octanol–water partition coefficient (Wildman–Crippen LogP) is 3.98. The molecule has 3 aromatic heterocycles. The molecule has 1 fully saturated rings. The lowest BCUT2D eigenvalue weighted by atomic mass is 10.0. The molecule has 0 unspecified atom stereocenters. The normalized spacial score (nSPS) is 16.5. The van der Waals surface area contributed by atoms with E-state index in [0.29, 0.717) is 0 Å². The summed E-state index contributed by atoms with van der Waals surface area (Å²) in [6, 6.07) is 4.47. The van der Waals surface area contributed by atoms with Crippen molar-refractivity contribution < 1.29 is 0 Å². The molecule has 4 nitrogen and oxygen atoms in total. The Balaban J connectivity index is 2.03. The summed E-state index contributed by atoms with van der Waals surface area (Å²) in [5, 5.41) is 10.2. The molecule has 0 bridgehead atoms. The summed E-state index contributed by atoms with van der Waals surface area (Å²) in [7, 11) is 0. The van der Waals surface area contributed by atoms with Crippen LogP contribution in [0.4, 0.5) is 0 Å². The average molecular weight is 294 g/mol. The zero-order valence-electron chi connectivity index (χ0n) is 13.6. The Kier molecular flexibility index (Phi) is 2.96. The Labute approximate surface area is 130 Å². The van der Waals surface area contributed by atoms with Gasteiger partial charge in [-0.05, 0) is 55.9 Å². The summed E-state index contributed by atoms with van der Waals surface area (Å²) in [4.78, 5) is 4.73. The van der Waals surface area contributed by atoms with Crippen molar-refractivity contribution in [2.45, 2.75) is 58.3 Å². The maximum atomic E-state index is 4.73. The molecule has 114 valence electrons. The summed E-state index contributed by atoms with van der Waals surface area (Å²) in [6.45, 7) is 6.61. The molecule has 3 aromatic rings. The summed E-state index contributed by atoms with van der Waals surface area (Å²) in [6.07, 6.45) is 7.80. The predicted molar refractivity (Wildman–Crippen MR) is 88.2 cm³/mol. The maximum Gasteiger partial charge on any atom is 0.162 e. The van der Waals surface area contributed by atoms with E-state index in [9.17, 15) is 0 Å². The van der Waals surface area contributed by atoms with E-state index in [4.69, 9.17) is 4.98 Å². The molecule has 4 heteroatoms. The minimum atomic E-state index is 0.184. The zero-order valence-corrected chi connectivity index (χ0v) is 13.6. The van der Waals surface area contributed by atoms with E-state index in [0.717, 1.165) is 23.5 Å². The maximum absolute atomic E-state index is 4.73. The van der Waals surface area contributed by atoms with Gasteiger partial charge in [0, 0.05) is 17.0 Å². The summed E-state index contributed by atoms with van der Waals surface area (Å²) >= 11 is 0. The monoisotopic (exact) mass is 294 g/mol. The van der Waals surface area contributed by atoms with Crippen molar-refractivity contribution >= 4 is 16.7 Å². The molecule has 22 heavy (non-hydrogen) atoms. The van der Waals surface area contributed by atoms with Gasteiger partial charge in [0.2, 0.25) is 0 Å². The molecule has 0 spiro atoms. The van der Waals surface area contributed by atoms with Crippen molar-refractivity contribution in [1.29, 1.82) is 0 Å². The molecule has 0 saturated heterocycles. The number of unbranched alkanes of at least 4 members (excludes halogenated alkanes) is 1. The molecule has 1 saturated carbocycles. The highest BCUT2D eigenvalue weighted by Gasteiger charge is 2.43. The molecule has 0 amide bonds. The fourth-order valence-corrected chi connectivity index (χ4v) is 3.18. The van der Waals surface area contributed by atoms with Gasteiger partial charge in [0.1, 0.15) is 11.5 Å². The van der Waals surface area contributed by atoms with Crippen LogP contribution in [0.3, 0.4) is 0 Å². The number of fused-ring (bicyclic) bond motifs is 3. The van der Waals surface area contributed by atoms with Gasteiger partial charge >= 0.3 is 0 Å².